The zero-order valence-electron chi connectivity index (χ0n) is 19.6. The summed E-state index contributed by atoms with van der Waals surface area (Å²) in [5, 5.41) is 7.24. The van der Waals surface area contributed by atoms with E-state index in [9.17, 15) is 4.79 Å². The second-order valence-electron chi connectivity index (χ2n) is 8.55. The van der Waals surface area contributed by atoms with Crippen molar-refractivity contribution in [1.82, 2.24) is 19.9 Å². The number of pyridine rings is 3. The molecule has 3 aromatic heterocycles. The molecule has 4 heterocycles. The molecule has 176 valence electrons. The molecule has 35 heavy (non-hydrogen) atoms. The lowest BCUT2D eigenvalue weighted by atomic mass is 10.0. The molecule has 0 atom stereocenters. The first-order valence-electron chi connectivity index (χ1n) is 11.5. The number of rotatable bonds is 6. The van der Waals surface area contributed by atoms with Gasteiger partial charge in [0.15, 0.2) is 0 Å². The van der Waals surface area contributed by atoms with Crippen molar-refractivity contribution in [1.29, 1.82) is 0 Å². The summed E-state index contributed by atoms with van der Waals surface area (Å²) in [6.07, 6.45) is 6.60. The number of likely N-dealkylation sites (N-methyl/N-ethyl adjacent to an activating group) is 1. The summed E-state index contributed by atoms with van der Waals surface area (Å²) in [6.45, 7) is 7.53. The predicted octanol–water partition coefficient (Wildman–Crippen LogP) is 4.31. The number of nitrogens with one attached hydrogen (secondary N) is 2. The molecule has 4 aromatic rings. The predicted molar refractivity (Wildman–Crippen MR) is 141 cm³/mol. The Labute approximate surface area is 204 Å². The fourth-order valence-electron chi connectivity index (χ4n) is 4.11. The van der Waals surface area contributed by atoms with Gasteiger partial charge in [-0.05, 0) is 55.1 Å². The number of benzene rings is 1. The smallest absolute Gasteiger partial charge is 0.247 e. The number of piperazine rings is 1. The van der Waals surface area contributed by atoms with Crippen LogP contribution in [0.1, 0.15) is 0 Å². The van der Waals surface area contributed by atoms with E-state index in [1.807, 2.05) is 48.7 Å². The van der Waals surface area contributed by atoms with Crippen LogP contribution >= 0.6 is 0 Å². The third kappa shape index (κ3) is 5.12. The number of anilines is 4. The highest BCUT2D eigenvalue weighted by Gasteiger charge is 2.16. The molecular formula is C27H27N7O. The van der Waals surface area contributed by atoms with Crippen molar-refractivity contribution in [3.63, 3.8) is 0 Å². The van der Waals surface area contributed by atoms with Gasteiger partial charge in [0, 0.05) is 49.0 Å². The number of amides is 1. The Morgan fingerprint density at radius 3 is 2.66 bits per heavy atom. The van der Waals surface area contributed by atoms with E-state index in [0.29, 0.717) is 11.5 Å². The van der Waals surface area contributed by atoms with Gasteiger partial charge < -0.3 is 20.4 Å². The molecule has 0 saturated carbocycles. The summed E-state index contributed by atoms with van der Waals surface area (Å²) < 4.78 is 0. The number of hydrogen-bond donors (Lipinski definition) is 2. The molecule has 1 aliphatic heterocycles. The van der Waals surface area contributed by atoms with Crippen LogP contribution in [0, 0.1) is 0 Å². The highest BCUT2D eigenvalue weighted by atomic mass is 16.1. The highest BCUT2D eigenvalue weighted by molar-refractivity contribution is 5.99. The van der Waals surface area contributed by atoms with Crippen molar-refractivity contribution >= 4 is 39.8 Å². The molecule has 1 saturated heterocycles. The molecular weight excluding hydrogens is 438 g/mol. The van der Waals surface area contributed by atoms with E-state index in [4.69, 9.17) is 9.97 Å². The maximum absolute atomic E-state index is 11.8. The third-order valence-corrected chi connectivity index (χ3v) is 6.08. The quantitative estimate of drug-likeness (QED) is 0.410. The van der Waals surface area contributed by atoms with Gasteiger partial charge in [-0.1, -0.05) is 18.7 Å². The van der Waals surface area contributed by atoms with Crippen LogP contribution in [0.5, 0.6) is 0 Å². The van der Waals surface area contributed by atoms with Gasteiger partial charge in [-0.2, -0.15) is 0 Å². The van der Waals surface area contributed by atoms with Crippen LogP contribution in [-0.2, 0) is 4.79 Å². The normalized spacial score (nSPS) is 14.0. The van der Waals surface area contributed by atoms with Gasteiger partial charge in [0.05, 0.1) is 23.6 Å². The minimum absolute atomic E-state index is 0.255. The monoisotopic (exact) mass is 465 g/mol. The number of hydrogen-bond acceptors (Lipinski definition) is 7. The maximum Gasteiger partial charge on any atom is 0.247 e. The van der Waals surface area contributed by atoms with Crippen molar-refractivity contribution in [2.24, 2.45) is 0 Å². The summed E-state index contributed by atoms with van der Waals surface area (Å²) in [5.74, 6) is 1.41. The standard InChI is InChI=1S/C27H27N7O/c1-3-26(35)30-21-6-4-5-19(15-21)23-16-20-9-10-28-18-24(20)32-27(23)31-22-7-8-25(29-17-22)34-13-11-33(2)12-14-34/h3-10,15-18H,1,11-14H2,2H3,(H,30,35)(H,31,32). The third-order valence-electron chi connectivity index (χ3n) is 6.08. The molecule has 5 rings (SSSR count). The highest BCUT2D eigenvalue weighted by Crippen LogP contribution is 2.33. The number of nitrogens with zero attached hydrogens (tertiary/aromatic N) is 5. The van der Waals surface area contributed by atoms with Gasteiger partial charge in [-0.3, -0.25) is 9.78 Å². The van der Waals surface area contributed by atoms with Crippen molar-refractivity contribution in [2.75, 3.05) is 48.8 Å². The summed E-state index contributed by atoms with van der Waals surface area (Å²) >= 11 is 0. The van der Waals surface area contributed by atoms with Crippen LogP contribution in [0.3, 0.4) is 0 Å². The van der Waals surface area contributed by atoms with E-state index in [1.165, 1.54) is 6.08 Å². The van der Waals surface area contributed by atoms with Crippen LogP contribution < -0.4 is 15.5 Å². The maximum atomic E-state index is 11.8. The Bertz CT molecular complexity index is 1360. The Kier molecular flexibility index (Phi) is 6.36. The lowest BCUT2D eigenvalue weighted by Gasteiger charge is -2.33. The van der Waals surface area contributed by atoms with Gasteiger partial charge >= 0.3 is 0 Å². The van der Waals surface area contributed by atoms with Gasteiger partial charge in [0.2, 0.25) is 5.91 Å². The van der Waals surface area contributed by atoms with E-state index in [1.54, 1.807) is 12.4 Å². The zero-order chi connectivity index (χ0) is 24.2. The molecule has 0 unspecified atom stereocenters. The largest absolute Gasteiger partial charge is 0.354 e. The second-order valence-corrected chi connectivity index (χ2v) is 8.55. The first-order valence-corrected chi connectivity index (χ1v) is 11.5. The van der Waals surface area contributed by atoms with Crippen LogP contribution in [0.25, 0.3) is 22.0 Å². The van der Waals surface area contributed by atoms with Gasteiger partial charge in [-0.15, -0.1) is 0 Å². The lowest BCUT2D eigenvalue weighted by molar-refractivity contribution is -0.111. The van der Waals surface area contributed by atoms with Crippen molar-refractivity contribution in [2.45, 2.75) is 0 Å². The molecule has 8 nitrogen and oxygen atoms in total. The summed E-state index contributed by atoms with van der Waals surface area (Å²) in [6, 6.07) is 15.7. The fourth-order valence-corrected chi connectivity index (χ4v) is 4.11. The fraction of sp³-hybridized carbons (Fsp3) is 0.185. The average Bonchev–Trinajstić information content (AvgIpc) is 2.89. The zero-order valence-corrected chi connectivity index (χ0v) is 19.6. The molecule has 8 heteroatoms. The summed E-state index contributed by atoms with van der Waals surface area (Å²) in [5.41, 5.74) is 4.14. The molecule has 1 aliphatic rings. The number of carbonyl (C=O) groups is 1. The Morgan fingerprint density at radius 1 is 1.03 bits per heavy atom. The van der Waals surface area contributed by atoms with Gasteiger partial charge in [-0.25, -0.2) is 9.97 Å². The number of aromatic nitrogens is 3. The molecule has 1 fully saturated rings. The van der Waals surface area contributed by atoms with E-state index in [-0.39, 0.29) is 5.91 Å². The molecule has 0 spiro atoms. The van der Waals surface area contributed by atoms with E-state index in [0.717, 1.165) is 59.7 Å². The van der Waals surface area contributed by atoms with E-state index < -0.39 is 0 Å². The molecule has 1 amide bonds. The van der Waals surface area contributed by atoms with Crippen LogP contribution in [0.15, 0.2) is 79.8 Å². The van der Waals surface area contributed by atoms with Crippen LogP contribution in [0.4, 0.5) is 23.0 Å². The second kappa shape index (κ2) is 9.90. The Hall–Kier alpha value is -4.30. The van der Waals surface area contributed by atoms with E-state index in [2.05, 4.69) is 45.1 Å². The molecule has 0 aliphatic carbocycles. The van der Waals surface area contributed by atoms with Crippen molar-refractivity contribution in [3.05, 3.63) is 79.8 Å². The Morgan fingerprint density at radius 2 is 1.89 bits per heavy atom. The first-order chi connectivity index (χ1) is 17.1. The van der Waals surface area contributed by atoms with Crippen LogP contribution in [-0.4, -0.2) is 59.0 Å². The topological polar surface area (TPSA) is 86.3 Å². The first kappa shape index (κ1) is 22.5. The Balaban J connectivity index is 1.47. The van der Waals surface area contributed by atoms with Gasteiger partial charge in [0.1, 0.15) is 11.6 Å². The minimum atomic E-state index is -0.255. The number of carbonyl (C=O) groups excluding carboxylic acids is 1. The summed E-state index contributed by atoms with van der Waals surface area (Å²) in [7, 11) is 2.14. The van der Waals surface area contributed by atoms with Crippen molar-refractivity contribution in [3.8, 4) is 11.1 Å². The van der Waals surface area contributed by atoms with E-state index >= 15 is 0 Å². The molecule has 2 N–H and O–H groups in total. The molecule has 1 aromatic carbocycles. The summed E-state index contributed by atoms with van der Waals surface area (Å²) in [4.78, 5) is 30.2. The molecule has 0 bridgehead atoms. The number of fused-ring (bicyclic) bond motifs is 1. The van der Waals surface area contributed by atoms with Crippen molar-refractivity contribution < 1.29 is 4.79 Å². The van der Waals surface area contributed by atoms with Gasteiger partial charge in [0.25, 0.3) is 0 Å². The lowest BCUT2D eigenvalue weighted by Crippen LogP contribution is -2.44. The minimum Gasteiger partial charge on any atom is -0.354 e. The average molecular weight is 466 g/mol. The van der Waals surface area contributed by atoms with Crippen LogP contribution in [0.2, 0.25) is 0 Å². The molecule has 0 radical (unpaired) electrons. The SMILES string of the molecule is C=CC(=O)Nc1cccc(-c2cc3ccncc3nc2Nc2ccc(N3CCN(C)CC3)nc2)c1.